The first-order chi connectivity index (χ1) is 16.5. The van der Waals surface area contributed by atoms with Crippen LogP contribution in [0.3, 0.4) is 0 Å². The number of halogens is 2. The van der Waals surface area contributed by atoms with Crippen LogP contribution in [-0.2, 0) is 26.2 Å². The number of nitrogens with zero attached hydrogens (tertiary/aromatic N) is 2. The molecule has 2 aromatic rings. The van der Waals surface area contributed by atoms with Crippen molar-refractivity contribution in [3.05, 3.63) is 58.1 Å². The van der Waals surface area contributed by atoms with Gasteiger partial charge in [0, 0.05) is 36.6 Å². The van der Waals surface area contributed by atoms with Gasteiger partial charge in [-0.25, -0.2) is 8.42 Å². The van der Waals surface area contributed by atoms with E-state index >= 15 is 0 Å². The van der Waals surface area contributed by atoms with E-state index in [1.165, 1.54) is 23.4 Å². The van der Waals surface area contributed by atoms with Crippen LogP contribution < -0.4 is 14.4 Å². The number of sulfonamides is 1. The van der Waals surface area contributed by atoms with Gasteiger partial charge < -0.3 is 15.0 Å². The van der Waals surface area contributed by atoms with E-state index < -0.39 is 16.1 Å². The quantitative estimate of drug-likeness (QED) is 0.434. The van der Waals surface area contributed by atoms with Gasteiger partial charge >= 0.3 is 0 Å². The average molecular weight is 545 g/mol. The van der Waals surface area contributed by atoms with E-state index in [2.05, 4.69) is 5.32 Å². The topological polar surface area (TPSA) is 96.0 Å². The monoisotopic (exact) mass is 543 g/mol. The van der Waals surface area contributed by atoms with Crippen molar-refractivity contribution >= 4 is 50.7 Å². The number of hydrogen-bond acceptors (Lipinski definition) is 5. The highest BCUT2D eigenvalue weighted by atomic mass is 35.5. The fourth-order valence-corrected chi connectivity index (χ4v) is 5.17. The Kier molecular flexibility index (Phi) is 10.7. The fourth-order valence-electron chi connectivity index (χ4n) is 3.74. The summed E-state index contributed by atoms with van der Waals surface area (Å²) in [5, 5.41) is 3.46. The van der Waals surface area contributed by atoms with Gasteiger partial charge in [0.2, 0.25) is 21.8 Å². The SMILES string of the molecule is CCC(C(=O)NC)N(Cc1ccc(Cl)cc1Cl)C(=O)CCCN(c1ccccc1OC)S(C)(=O)=O. The van der Waals surface area contributed by atoms with Crippen LogP contribution in [-0.4, -0.2) is 58.1 Å². The molecule has 1 unspecified atom stereocenters. The van der Waals surface area contributed by atoms with Gasteiger partial charge in [-0.1, -0.05) is 48.3 Å². The number of nitrogens with one attached hydrogen (secondary N) is 1. The molecule has 0 aliphatic heterocycles. The molecule has 0 aromatic heterocycles. The van der Waals surface area contributed by atoms with Crippen LogP contribution in [0.2, 0.25) is 10.0 Å². The molecule has 8 nitrogen and oxygen atoms in total. The Morgan fingerprint density at radius 3 is 2.40 bits per heavy atom. The number of anilines is 1. The van der Waals surface area contributed by atoms with Crippen molar-refractivity contribution in [1.82, 2.24) is 10.2 Å². The first-order valence-electron chi connectivity index (χ1n) is 11.1. The van der Waals surface area contributed by atoms with Gasteiger partial charge in [-0.3, -0.25) is 13.9 Å². The predicted molar refractivity (Wildman–Crippen MR) is 140 cm³/mol. The maximum absolute atomic E-state index is 13.3. The third-order valence-electron chi connectivity index (χ3n) is 5.49. The molecule has 35 heavy (non-hydrogen) atoms. The molecule has 0 fully saturated rings. The molecule has 0 spiro atoms. The fraction of sp³-hybridized carbons (Fsp3) is 0.417. The highest BCUT2D eigenvalue weighted by molar-refractivity contribution is 7.92. The molecule has 2 amide bonds. The Bertz CT molecular complexity index is 1140. The van der Waals surface area contributed by atoms with Crippen LogP contribution >= 0.6 is 23.2 Å². The lowest BCUT2D eigenvalue weighted by Gasteiger charge is -2.31. The van der Waals surface area contributed by atoms with E-state index in [4.69, 9.17) is 27.9 Å². The number of carbonyl (C=O) groups excluding carboxylic acids is 2. The molecule has 0 radical (unpaired) electrons. The number of methoxy groups -OCH3 is 1. The summed E-state index contributed by atoms with van der Waals surface area (Å²) in [6.45, 7) is 2.00. The molecule has 0 aliphatic carbocycles. The zero-order chi connectivity index (χ0) is 26.2. The van der Waals surface area contributed by atoms with Gasteiger partial charge in [0.15, 0.2) is 0 Å². The number of ether oxygens (including phenoxy) is 1. The third-order valence-corrected chi connectivity index (χ3v) is 7.26. The van der Waals surface area contributed by atoms with E-state index in [0.29, 0.717) is 33.5 Å². The molecule has 1 N–H and O–H groups in total. The Morgan fingerprint density at radius 2 is 1.83 bits per heavy atom. The zero-order valence-corrected chi connectivity index (χ0v) is 22.6. The molecule has 2 rings (SSSR count). The van der Waals surface area contributed by atoms with Gasteiger partial charge in [-0.2, -0.15) is 0 Å². The van der Waals surface area contributed by atoms with Crippen molar-refractivity contribution in [2.24, 2.45) is 0 Å². The van der Waals surface area contributed by atoms with Crippen LogP contribution in [0.1, 0.15) is 31.7 Å². The second kappa shape index (κ2) is 13.0. The normalized spacial score (nSPS) is 12.1. The zero-order valence-electron chi connectivity index (χ0n) is 20.3. The number of carbonyl (C=O) groups is 2. The van der Waals surface area contributed by atoms with E-state index in [1.807, 2.05) is 6.92 Å². The van der Waals surface area contributed by atoms with Crippen molar-refractivity contribution in [3.63, 3.8) is 0 Å². The van der Waals surface area contributed by atoms with E-state index in [9.17, 15) is 18.0 Å². The van der Waals surface area contributed by atoms with Crippen LogP contribution in [0.4, 0.5) is 5.69 Å². The number of para-hydroxylation sites is 2. The summed E-state index contributed by atoms with van der Waals surface area (Å²) in [4.78, 5) is 27.3. The maximum atomic E-state index is 13.3. The number of amides is 2. The maximum Gasteiger partial charge on any atom is 0.242 e. The lowest BCUT2D eigenvalue weighted by Crippen LogP contribution is -2.48. The highest BCUT2D eigenvalue weighted by Gasteiger charge is 2.29. The second-order valence-corrected chi connectivity index (χ2v) is 10.7. The Morgan fingerprint density at radius 1 is 1.14 bits per heavy atom. The smallest absolute Gasteiger partial charge is 0.242 e. The molecule has 0 saturated heterocycles. The standard InChI is InChI=1S/C24H31Cl2N3O5S/c1-5-20(24(31)27-2)28(16-17-12-13-18(25)15-19(17)26)23(30)11-8-14-29(35(4,32)33)21-9-6-7-10-22(21)34-3/h6-7,9-10,12-13,15,20H,5,8,11,14,16H2,1-4H3,(H,27,31). The van der Waals surface area contributed by atoms with Gasteiger partial charge in [-0.15, -0.1) is 0 Å². The highest BCUT2D eigenvalue weighted by Crippen LogP contribution is 2.30. The molecular formula is C24H31Cl2N3O5S. The molecule has 0 aliphatic rings. The summed E-state index contributed by atoms with van der Waals surface area (Å²) in [6.07, 6.45) is 1.76. The van der Waals surface area contributed by atoms with Crippen LogP contribution in [0.15, 0.2) is 42.5 Å². The molecule has 0 heterocycles. The molecule has 2 aromatic carbocycles. The summed E-state index contributed by atoms with van der Waals surface area (Å²) < 4.78 is 31.5. The van der Waals surface area contributed by atoms with Crippen LogP contribution in [0.5, 0.6) is 5.75 Å². The predicted octanol–water partition coefficient (Wildman–Crippen LogP) is 4.10. The van der Waals surface area contributed by atoms with Crippen molar-refractivity contribution in [2.45, 2.75) is 38.8 Å². The largest absolute Gasteiger partial charge is 0.495 e. The van der Waals surface area contributed by atoms with Crippen molar-refractivity contribution in [3.8, 4) is 5.75 Å². The van der Waals surface area contributed by atoms with Gasteiger partial charge in [0.1, 0.15) is 11.8 Å². The second-order valence-electron chi connectivity index (χ2n) is 7.91. The summed E-state index contributed by atoms with van der Waals surface area (Å²) in [5.41, 5.74) is 1.05. The van der Waals surface area contributed by atoms with E-state index in [0.717, 1.165) is 6.26 Å². The number of benzene rings is 2. The van der Waals surface area contributed by atoms with Gasteiger partial charge in [0.05, 0.1) is 19.1 Å². The van der Waals surface area contributed by atoms with Gasteiger partial charge in [0.25, 0.3) is 0 Å². The summed E-state index contributed by atoms with van der Waals surface area (Å²) in [6, 6.07) is 11.0. The molecule has 11 heteroatoms. The molecular weight excluding hydrogens is 513 g/mol. The van der Waals surface area contributed by atoms with Crippen molar-refractivity contribution in [2.75, 3.05) is 31.3 Å². The third kappa shape index (κ3) is 7.75. The van der Waals surface area contributed by atoms with Crippen LogP contribution in [0.25, 0.3) is 0 Å². The Balaban J connectivity index is 2.25. The Labute approximate surface area is 217 Å². The minimum absolute atomic E-state index is 0.0277. The summed E-state index contributed by atoms with van der Waals surface area (Å²) >= 11 is 12.3. The number of hydrogen-bond donors (Lipinski definition) is 1. The average Bonchev–Trinajstić information content (AvgIpc) is 2.81. The van der Waals surface area contributed by atoms with Crippen molar-refractivity contribution in [1.29, 1.82) is 0 Å². The first kappa shape index (κ1) is 28.7. The number of rotatable bonds is 12. The van der Waals surface area contributed by atoms with E-state index in [-0.39, 0.29) is 37.7 Å². The first-order valence-corrected chi connectivity index (χ1v) is 13.7. The van der Waals surface area contributed by atoms with Gasteiger partial charge in [-0.05, 0) is 42.7 Å². The molecule has 0 saturated carbocycles. The lowest BCUT2D eigenvalue weighted by atomic mass is 10.1. The van der Waals surface area contributed by atoms with E-state index in [1.54, 1.807) is 42.5 Å². The molecule has 192 valence electrons. The minimum atomic E-state index is -3.63. The Hall–Kier alpha value is -2.49. The molecule has 0 bridgehead atoms. The van der Waals surface area contributed by atoms with Crippen LogP contribution in [0, 0.1) is 0 Å². The number of likely N-dealkylation sites (N-methyl/N-ethyl adjacent to an activating group) is 1. The molecule has 1 atom stereocenters. The summed E-state index contributed by atoms with van der Waals surface area (Å²) in [7, 11) is -0.652. The minimum Gasteiger partial charge on any atom is -0.495 e. The lowest BCUT2D eigenvalue weighted by molar-refractivity contribution is -0.141. The van der Waals surface area contributed by atoms with Crippen molar-refractivity contribution < 1.29 is 22.7 Å². The summed E-state index contributed by atoms with van der Waals surface area (Å²) in [5.74, 6) is -0.174.